The van der Waals surface area contributed by atoms with E-state index in [0.29, 0.717) is 11.9 Å². The van der Waals surface area contributed by atoms with Crippen LogP contribution in [0.1, 0.15) is 52.9 Å². The molecule has 1 aromatic heterocycles. The molecule has 2 fully saturated rings. The van der Waals surface area contributed by atoms with Crippen LogP contribution in [0.3, 0.4) is 0 Å². The third kappa shape index (κ3) is 4.10. The van der Waals surface area contributed by atoms with E-state index in [0.717, 1.165) is 57.2 Å². The molecule has 6 heteroatoms. The highest BCUT2D eigenvalue weighted by molar-refractivity contribution is 5.79. The van der Waals surface area contributed by atoms with Crippen LogP contribution in [-0.4, -0.2) is 59.8 Å². The number of hydrogen-bond donors (Lipinski definition) is 0. The molecule has 0 spiro atoms. The first-order chi connectivity index (χ1) is 12.6. The van der Waals surface area contributed by atoms with Crippen LogP contribution in [-0.2, 0) is 4.79 Å². The first-order valence-electron chi connectivity index (χ1n) is 10.3. The highest BCUT2D eigenvalue weighted by atomic mass is 16.2. The third-order valence-corrected chi connectivity index (χ3v) is 5.98. The summed E-state index contributed by atoms with van der Waals surface area (Å²) in [7, 11) is 0. The maximum absolute atomic E-state index is 12.5. The lowest BCUT2D eigenvalue weighted by atomic mass is 10.0. The fourth-order valence-corrected chi connectivity index (χ4v) is 4.13. The molecule has 1 amide bonds. The molecule has 1 unspecified atom stereocenters. The van der Waals surface area contributed by atoms with E-state index in [4.69, 9.17) is 0 Å². The van der Waals surface area contributed by atoms with Crippen LogP contribution in [0.25, 0.3) is 0 Å². The fraction of sp³-hybridized carbons (Fsp3) is 0.750. The number of anilines is 2. The summed E-state index contributed by atoms with van der Waals surface area (Å²) in [6.45, 7) is 10.8. The number of nitrogens with zero attached hydrogens (tertiary/aromatic N) is 5. The zero-order valence-corrected chi connectivity index (χ0v) is 16.5. The minimum atomic E-state index is 0.173. The molecule has 1 aromatic rings. The number of amides is 1. The van der Waals surface area contributed by atoms with Crippen LogP contribution in [0, 0.1) is 5.92 Å². The normalized spacial score (nSPS) is 21.4. The average molecular weight is 360 g/mol. The molecule has 0 saturated carbocycles. The van der Waals surface area contributed by atoms with Gasteiger partial charge in [-0.05, 0) is 51.2 Å². The number of carbonyl (C=O) groups is 1. The SMILES string of the molecule is CCC(CC)C(=O)N1CCN(c2ccc(N3CCCCC3C)nn2)CC1. The average Bonchev–Trinajstić information content (AvgIpc) is 2.69. The molecular weight excluding hydrogens is 326 g/mol. The summed E-state index contributed by atoms with van der Waals surface area (Å²) < 4.78 is 0. The van der Waals surface area contributed by atoms with Crippen molar-refractivity contribution in [3.63, 3.8) is 0 Å². The highest BCUT2D eigenvalue weighted by Crippen LogP contribution is 2.24. The van der Waals surface area contributed by atoms with Crippen molar-refractivity contribution < 1.29 is 4.79 Å². The molecule has 6 nitrogen and oxygen atoms in total. The Morgan fingerprint density at radius 1 is 1.04 bits per heavy atom. The zero-order valence-electron chi connectivity index (χ0n) is 16.5. The van der Waals surface area contributed by atoms with Gasteiger partial charge in [0.05, 0.1) is 0 Å². The number of carbonyl (C=O) groups excluding carboxylic acids is 1. The minimum Gasteiger partial charge on any atom is -0.352 e. The summed E-state index contributed by atoms with van der Waals surface area (Å²) in [6.07, 6.45) is 5.63. The number of rotatable bonds is 5. The van der Waals surface area contributed by atoms with Gasteiger partial charge in [-0.15, -0.1) is 10.2 Å². The Bertz CT molecular complexity index is 578. The van der Waals surface area contributed by atoms with E-state index >= 15 is 0 Å². The fourth-order valence-electron chi connectivity index (χ4n) is 4.13. The van der Waals surface area contributed by atoms with E-state index < -0.39 is 0 Å². The number of piperidine rings is 1. The Hall–Kier alpha value is -1.85. The summed E-state index contributed by atoms with van der Waals surface area (Å²) in [4.78, 5) is 19.2. The maximum Gasteiger partial charge on any atom is 0.225 e. The summed E-state index contributed by atoms with van der Waals surface area (Å²) in [6, 6.07) is 4.73. The number of piperazine rings is 1. The van der Waals surface area contributed by atoms with E-state index in [-0.39, 0.29) is 5.92 Å². The Morgan fingerprint density at radius 3 is 2.27 bits per heavy atom. The molecular formula is C20H33N5O. The Morgan fingerprint density at radius 2 is 1.69 bits per heavy atom. The maximum atomic E-state index is 12.5. The summed E-state index contributed by atoms with van der Waals surface area (Å²) in [5.74, 6) is 2.40. The van der Waals surface area contributed by atoms with E-state index in [1.807, 2.05) is 4.90 Å². The second-order valence-electron chi connectivity index (χ2n) is 7.61. The molecule has 0 bridgehead atoms. The molecule has 0 radical (unpaired) electrons. The quantitative estimate of drug-likeness (QED) is 0.809. The Balaban J connectivity index is 1.57. The lowest BCUT2D eigenvalue weighted by molar-refractivity contribution is -0.136. The van der Waals surface area contributed by atoms with E-state index in [9.17, 15) is 4.79 Å². The molecule has 0 aliphatic carbocycles. The molecule has 3 heterocycles. The smallest absolute Gasteiger partial charge is 0.225 e. The van der Waals surface area contributed by atoms with Gasteiger partial charge in [-0.1, -0.05) is 13.8 Å². The van der Waals surface area contributed by atoms with Gasteiger partial charge in [0.1, 0.15) is 0 Å². The first kappa shape index (κ1) is 18.9. The van der Waals surface area contributed by atoms with Crippen LogP contribution in [0.5, 0.6) is 0 Å². The van der Waals surface area contributed by atoms with Gasteiger partial charge in [0.2, 0.25) is 5.91 Å². The van der Waals surface area contributed by atoms with Gasteiger partial charge in [-0.25, -0.2) is 0 Å². The molecule has 0 aromatic carbocycles. The standard InChI is InChI=1S/C20H33N5O/c1-4-17(5-2)20(26)24-14-12-23(13-15-24)18-9-10-19(22-21-18)25-11-7-6-8-16(25)3/h9-10,16-17H,4-8,11-15H2,1-3H3. The van der Waals surface area contributed by atoms with Gasteiger partial charge in [-0.2, -0.15) is 0 Å². The van der Waals surface area contributed by atoms with Crippen molar-refractivity contribution in [2.24, 2.45) is 5.92 Å². The van der Waals surface area contributed by atoms with Gasteiger partial charge in [-0.3, -0.25) is 4.79 Å². The molecule has 0 N–H and O–H groups in total. The van der Waals surface area contributed by atoms with Gasteiger partial charge in [0.25, 0.3) is 0 Å². The van der Waals surface area contributed by atoms with Crippen molar-refractivity contribution in [3.8, 4) is 0 Å². The monoisotopic (exact) mass is 359 g/mol. The first-order valence-corrected chi connectivity index (χ1v) is 10.3. The zero-order chi connectivity index (χ0) is 18.5. The predicted molar refractivity (Wildman–Crippen MR) is 106 cm³/mol. The van der Waals surface area contributed by atoms with Gasteiger partial charge >= 0.3 is 0 Å². The topological polar surface area (TPSA) is 52.6 Å². The van der Waals surface area contributed by atoms with E-state index in [1.54, 1.807) is 0 Å². The van der Waals surface area contributed by atoms with Crippen molar-refractivity contribution in [3.05, 3.63) is 12.1 Å². The summed E-state index contributed by atoms with van der Waals surface area (Å²) in [5.41, 5.74) is 0. The van der Waals surface area contributed by atoms with Gasteiger partial charge < -0.3 is 14.7 Å². The minimum absolute atomic E-state index is 0.173. The van der Waals surface area contributed by atoms with Crippen molar-refractivity contribution in [1.29, 1.82) is 0 Å². The van der Waals surface area contributed by atoms with Crippen LogP contribution in [0.15, 0.2) is 12.1 Å². The highest BCUT2D eigenvalue weighted by Gasteiger charge is 2.26. The molecule has 2 saturated heterocycles. The third-order valence-electron chi connectivity index (χ3n) is 5.98. The predicted octanol–water partition coefficient (Wildman–Crippen LogP) is 2.94. The lowest BCUT2D eigenvalue weighted by Crippen LogP contribution is -2.50. The van der Waals surface area contributed by atoms with E-state index in [1.165, 1.54) is 19.3 Å². The largest absolute Gasteiger partial charge is 0.352 e. The van der Waals surface area contributed by atoms with Crippen molar-refractivity contribution in [2.75, 3.05) is 42.5 Å². The van der Waals surface area contributed by atoms with Gasteiger partial charge in [0, 0.05) is 44.7 Å². The molecule has 144 valence electrons. The molecule has 26 heavy (non-hydrogen) atoms. The Labute approximate surface area is 157 Å². The molecule has 2 aliphatic heterocycles. The second-order valence-corrected chi connectivity index (χ2v) is 7.61. The molecule has 1 atom stereocenters. The number of aromatic nitrogens is 2. The molecule has 2 aliphatic rings. The van der Waals surface area contributed by atoms with Crippen LogP contribution in [0.2, 0.25) is 0 Å². The van der Waals surface area contributed by atoms with Crippen molar-refractivity contribution in [2.45, 2.75) is 58.9 Å². The van der Waals surface area contributed by atoms with Crippen LogP contribution in [0.4, 0.5) is 11.6 Å². The van der Waals surface area contributed by atoms with Gasteiger partial charge in [0.15, 0.2) is 11.6 Å². The Kier molecular flexibility index (Phi) is 6.33. The number of hydrogen-bond acceptors (Lipinski definition) is 5. The van der Waals surface area contributed by atoms with Crippen LogP contribution >= 0.6 is 0 Å². The summed E-state index contributed by atoms with van der Waals surface area (Å²) in [5, 5.41) is 8.97. The molecule has 3 rings (SSSR count). The van der Waals surface area contributed by atoms with Crippen molar-refractivity contribution >= 4 is 17.5 Å². The summed E-state index contributed by atoms with van der Waals surface area (Å²) >= 11 is 0. The van der Waals surface area contributed by atoms with E-state index in [2.05, 4.69) is 52.9 Å². The van der Waals surface area contributed by atoms with Crippen LogP contribution < -0.4 is 9.80 Å². The van der Waals surface area contributed by atoms with Crippen molar-refractivity contribution in [1.82, 2.24) is 15.1 Å². The lowest BCUT2D eigenvalue weighted by Gasteiger charge is -2.37. The second kappa shape index (κ2) is 8.69.